The minimum atomic E-state index is -0.0467. The van der Waals surface area contributed by atoms with E-state index >= 15 is 0 Å². The van der Waals surface area contributed by atoms with E-state index in [0.717, 1.165) is 29.8 Å². The van der Waals surface area contributed by atoms with Gasteiger partial charge in [0.1, 0.15) is 0 Å². The Morgan fingerprint density at radius 1 is 0.909 bits per heavy atom. The summed E-state index contributed by atoms with van der Waals surface area (Å²) >= 11 is 11.8. The van der Waals surface area contributed by atoms with E-state index in [1.54, 1.807) is 0 Å². The van der Waals surface area contributed by atoms with Gasteiger partial charge in [0.05, 0.1) is 6.04 Å². The van der Waals surface area contributed by atoms with Crippen molar-refractivity contribution in [2.45, 2.75) is 25.3 Å². The molecule has 2 aromatic carbocycles. The predicted octanol–water partition coefficient (Wildman–Crippen LogP) is 4.33. The van der Waals surface area contributed by atoms with Crippen LogP contribution in [0.4, 0.5) is 0 Å². The maximum absolute atomic E-state index is 5.92. The van der Waals surface area contributed by atoms with Gasteiger partial charge in [-0.3, -0.25) is 0 Å². The van der Waals surface area contributed by atoms with Crippen LogP contribution in [-0.2, 0) is 6.42 Å². The maximum atomic E-state index is 5.92. The highest BCUT2D eigenvalue weighted by atomic mass is 35.5. The maximum Gasteiger partial charge on any atom is 0.186 e. The fourth-order valence-corrected chi connectivity index (χ4v) is 2.57. The molecule has 0 amide bonds. The average Bonchev–Trinajstić information content (AvgIpc) is 2.49. The van der Waals surface area contributed by atoms with Crippen LogP contribution in [0.5, 0.6) is 0 Å². The van der Waals surface area contributed by atoms with Crippen molar-refractivity contribution >= 4 is 29.2 Å². The molecule has 0 spiro atoms. The minimum Gasteiger partial charge on any atom is -0.370 e. The van der Waals surface area contributed by atoms with Gasteiger partial charge in [-0.2, -0.15) is 0 Å². The Hall–Kier alpha value is -1.71. The second-order valence-corrected chi connectivity index (χ2v) is 6.01. The molecule has 0 aliphatic heterocycles. The molecule has 0 aromatic heterocycles. The molecule has 3 nitrogen and oxygen atoms in total. The molecule has 1 unspecified atom stereocenters. The molecule has 2 aromatic rings. The number of nitrogens with zero attached hydrogens (tertiary/aromatic N) is 1. The summed E-state index contributed by atoms with van der Waals surface area (Å²) in [6, 6.07) is 15.5. The number of hydrogen-bond donors (Lipinski definition) is 2. The Kier molecular flexibility index (Phi) is 6.10. The van der Waals surface area contributed by atoms with Gasteiger partial charge in [0, 0.05) is 10.0 Å². The summed E-state index contributed by atoms with van der Waals surface area (Å²) < 4.78 is 0. The average molecular weight is 336 g/mol. The zero-order valence-corrected chi connectivity index (χ0v) is 13.7. The van der Waals surface area contributed by atoms with Crippen molar-refractivity contribution in [1.29, 1.82) is 0 Å². The molecule has 1 atom stereocenters. The Balaban J connectivity index is 1.99. The lowest BCUT2D eigenvalue weighted by Gasteiger charge is -2.13. The third-order valence-corrected chi connectivity index (χ3v) is 3.92. The molecular formula is C17H19Cl2N3. The van der Waals surface area contributed by atoms with E-state index in [1.807, 2.05) is 48.5 Å². The van der Waals surface area contributed by atoms with Gasteiger partial charge in [0.15, 0.2) is 5.96 Å². The SMILES string of the molecule is NC(N)=NC(CCCc1ccc(Cl)cc1)c1ccc(Cl)cc1. The monoisotopic (exact) mass is 335 g/mol. The normalized spacial score (nSPS) is 11.9. The summed E-state index contributed by atoms with van der Waals surface area (Å²) in [7, 11) is 0. The minimum absolute atomic E-state index is 0.0467. The topological polar surface area (TPSA) is 64.4 Å². The molecule has 0 fully saturated rings. The molecule has 116 valence electrons. The van der Waals surface area contributed by atoms with Crippen molar-refractivity contribution in [2.75, 3.05) is 0 Å². The number of halogens is 2. The molecule has 0 aliphatic rings. The first-order chi connectivity index (χ1) is 10.5. The fraction of sp³-hybridized carbons (Fsp3) is 0.235. The molecule has 0 saturated heterocycles. The van der Waals surface area contributed by atoms with Crippen LogP contribution in [0.15, 0.2) is 53.5 Å². The number of rotatable bonds is 6. The van der Waals surface area contributed by atoms with Gasteiger partial charge >= 0.3 is 0 Å². The number of nitrogens with two attached hydrogens (primary N) is 2. The summed E-state index contributed by atoms with van der Waals surface area (Å²) in [6.45, 7) is 0. The summed E-state index contributed by atoms with van der Waals surface area (Å²) in [5.74, 6) is 0.103. The molecule has 0 bridgehead atoms. The Morgan fingerprint density at radius 3 is 2.00 bits per heavy atom. The van der Waals surface area contributed by atoms with Gasteiger partial charge in [-0.1, -0.05) is 47.5 Å². The van der Waals surface area contributed by atoms with Crippen molar-refractivity contribution in [3.63, 3.8) is 0 Å². The van der Waals surface area contributed by atoms with Crippen LogP contribution in [0, 0.1) is 0 Å². The van der Waals surface area contributed by atoms with Crippen molar-refractivity contribution < 1.29 is 0 Å². The second-order valence-electron chi connectivity index (χ2n) is 5.14. The van der Waals surface area contributed by atoms with Crippen LogP contribution >= 0.6 is 23.2 Å². The number of guanidine groups is 1. The lowest BCUT2D eigenvalue weighted by atomic mass is 9.99. The number of aliphatic imine (C=N–C) groups is 1. The smallest absolute Gasteiger partial charge is 0.186 e. The van der Waals surface area contributed by atoms with Crippen LogP contribution in [0.3, 0.4) is 0 Å². The highest BCUT2D eigenvalue weighted by Gasteiger charge is 2.10. The Morgan fingerprint density at radius 2 is 1.45 bits per heavy atom. The van der Waals surface area contributed by atoms with Gasteiger partial charge in [-0.15, -0.1) is 0 Å². The molecular weight excluding hydrogens is 317 g/mol. The molecule has 0 heterocycles. The molecule has 4 N–H and O–H groups in total. The molecule has 0 aliphatic carbocycles. The third-order valence-electron chi connectivity index (χ3n) is 3.42. The zero-order chi connectivity index (χ0) is 15.9. The lowest BCUT2D eigenvalue weighted by Crippen LogP contribution is -2.23. The first-order valence-electron chi connectivity index (χ1n) is 7.13. The third kappa shape index (κ3) is 5.24. The van der Waals surface area contributed by atoms with E-state index < -0.39 is 0 Å². The summed E-state index contributed by atoms with van der Waals surface area (Å²) in [4.78, 5) is 4.33. The van der Waals surface area contributed by atoms with E-state index in [9.17, 15) is 0 Å². The zero-order valence-electron chi connectivity index (χ0n) is 12.2. The van der Waals surface area contributed by atoms with Crippen molar-refractivity contribution in [1.82, 2.24) is 0 Å². The van der Waals surface area contributed by atoms with Crippen LogP contribution in [-0.4, -0.2) is 5.96 Å². The van der Waals surface area contributed by atoms with Crippen molar-refractivity contribution in [3.8, 4) is 0 Å². The highest BCUT2D eigenvalue weighted by molar-refractivity contribution is 6.30. The Bertz CT molecular complexity index is 617. The van der Waals surface area contributed by atoms with E-state index in [1.165, 1.54) is 5.56 Å². The molecule has 5 heteroatoms. The fourth-order valence-electron chi connectivity index (χ4n) is 2.32. The second kappa shape index (κ2) is 8.06. The summed E-state index contributed by atoms with van der Waals surface area (Å²) in [5, 5.41) is 1.46. The van der Waals surface area contributed by atoms with Gasteiger partial charge in [0.25, 0.3) is 0 Å². The first kappa shape index (κ1) is 16.7. The van der Waals surface area contributed by atoms with Crippen LogP contribution in [0.2, 0.25) is 10.0 Å². The van der Waals surface area contributed by atoms with Crippen molar-refractivity contribution in [2.24, 2.45) is 16.5 Å². The Labute approximate surface area is 140 Å². The largest absolute Gasteiger partial charge is 0.370 e. The molecule has 2 rings (SSSR count). The number of hydrogen-bond acceptors (Lipinski definition) is 1. The quantitative estimate of drug-likeness (QED) is 0.609. The van der Waals surface area contributed by atoms with E-state index in [2.05, 4.69) is 4.99 Å². The van der Waals surface area contributed by atoms with Gasteiger partial charge in [-0.25, -0.2) is 4.99 Å². The van der Waals surface area contributed by atoms with Crippen LogP contribution in [0.1, 0.15) is 30.0 Å². The first-order valence-corrected chi connectivity index (χ1v) is 7.89. The van der Waals surface area contributed by atoms with Gasteiger partial charge in [-0.05, 0) is 54.7 Å². The van der Waals surface area contributed by atoms with Crippen LogP contribution < -0.4 is 11.5 Å². The van der Waals surface area contributed by atoms with E-state index in [4.69, 9.17) is 34.7 Å². The van der Waals surface area contributed by atoms with Crippen molar-refractivity contribution in [3.05, 3.63) is 69.7 Å². The van der Waals surface area contributed by atoms with E-state index in [-0.39, 0.29) is 12.0 Å². The highest BCUT2D eigenvalue weighted by Crippen LogP contribution is 2.25. The summed E-state index contributed by atoms with van der Waals surface area (Å²) in [6.07, 6.45) is 2.80. The number of benzene rings is 2. The number of aryl methyl sites for hydroxylation is 1. The lowest BCUT2D eigenvalue weighted by molar-refractivity contribution is 0.612. The summed E-state index contributed by atoms with van der Waals surface area (Å²) in [5.41, 5.74) is 13.4. The molecule has 22 heavy (non-hydrogen) atoms. The molecule has 0 radical (unpaired) electrons. The van der Waals surface area contributed by atoms with Crippen LogP contribution in [0.25, 0.3) is 0 Å². The van der Waals surface area contributed by atoms with Gasteiger partial charge < -0.3 is 11.5 Å². The standard InChI is InChI=1S/C17H19Cl2N3/c18-14-8-4-12(5-9-14)2-1-3-16(22-17(20)21)13-6-10-15(19)11-7-13/h4-11,16H,1-3H2,(H4,20,21,22). The van der Waals surface area contributed by atoms with E-state index in [0.29, 0.717) is 5.02 Å². The van der Waals surface area contributed by atoms with Gasteiger partial charge in [0.2, 0.25) is 0 Å². The molecule has 0 saturated carbocycles. The predicted molar refractivity (Wildman–Crippen MR) is 94.4 cm³/mol.